The zero-order chi connectivity index (χ0) is 11.4. The number of carbonyl (C=O) groups excluding carboxylic acids is 1. The molecule has 0 radical (unpaired) electrons. The summed E-state index contributed by atoms with van der Waals surface area (Å²) < 4.78 is 5.11. The first kappa shape index (κ1) is 10.8. The molecule has 0 spiro atoms. The average molecular weight is 233 g/mol. The van der Waals surface area contributed by atoms with E-state index in [1.54, 1.807) is 36.8 Å². The molecule has 4 heteroatoms. The molecule has 0 bridgehead atoms. The predicted octanol–water partition coefficient (Wildman–Crippen LogP) is 2.58. The molecule has 2 aromatic heterocycles. The molecule has 0 saturated heterocycles. The second kappa shape index (κ2) is 4.90. The molecular formula is C12H11NO2S. The van der Waals surface area contributed by atoms with Gasteiger partial charge in [0.2, 0.25) is 0 Å². The summed E-state index contributed by atoms with van der Waals surface area (Å²) >= 11 is 1.57. The third-order valence-corrected chi connectivity index (χ3v) is 3.05. The summed E-state index contributed by atoms with van der Waals surface area (Å²) in [6.07, 6.45) is 1.98. The number of hydrogen-bond donors (Lipinski definition) is 0. The van der Waals surface area contributed by atoms with Crippen LogP contribution in [0.15, 0.2) is 35.8 Å². The van der Waals surface area contributed by atoms with Gasteiger partial charge in [0.1, 0.15) is 11.4 Å². The fourth-order valence-electron chi connectivity index (χ4n) is 1.42. The van der Waals surface area contributed by atoms with Crippen molar-refractivity contribution in [3.63, 3.8) is 0 Å². The lowest BCUT2D eigenvalue weighted by Gasteiger charge is -2.04. The van der Waals surface area contributed by atoms with Crippen LogP contribution in [0.4, 0.5) is 0 Å². The first-order chi connectivity index (χ1) is 7.81. The summed E-state index contributed by atoms with van der Waals surface area (Å²) in [5, 5.41) is 1.96. The smallest absolute Gasteiger partial charge is 0.190 e. The van der Waals surface area contributed by atoms with Gasteiger partial charge in [0.25, 0.3) is 0 Å². The lowest BCUT2D eigenvalue weighted by Crippen LogP contribution is -2.07. The maximum atomic E-state index is 12.0. The molecule has 0 aliphatic rings. The van der Waals surface area contributed by atoms with Crippen LogP contribution in [0.1, 0.15) is 15.4 Å². The van der Waals surface area contributed by atoms with Gasteiger partial charge in [0, 0.05) is 17.5 Å². The Kier molecular flexibility index (Phi) is 3.31. The topological polar surface area (TPSA) is 39.2 Å². The van der Waals surface area contributed by atoms with Gasteiger partial charge in [0.15, 0.2) is 5.78 Å². The van der Waals surface area contributed by atoms with Crippen molar-refractivity contribution in [3.8, 4) is 5.75 Å². The van der Waals surface area contributed by atoms with E-state index in [2.05, 4.69) is 4.98 Å². The van der Waals surface area contributed by atoms with Crippen LogP contribution < -0.4 is 4.74 Å². The first-order valence-electron chi connectivity index (χ1n) is 4.86. The highest BCUT2D eigenvalue weighted by molar-refractivity contribution is 7.10. The number of aromatic nitrogens is 1. The zero-order valence-electron chi connectivity index (χ0n) is 8.84. The molecule has 0 unspecified atom stereocenters. The van der Waals surface area contributed by atoms with Gasteiger partial charge in [-0.1, -0.05) is 6.07 Å². The largest absolute Gasteiger partial charge is 0.494 e. The molecule has 0 N–H and O–H groups in total. The second-order valence-corrected chi connectivity index (χ2v) is 4.27. The molecule has 0 aliphatic carbocycles. The maximum absolute atomic E-state index is 12.0. The highest BCUT2D eigenvalue weighted by Gasteiger charge is 2.14. The van der Waals surface area contributed by atoms with E-state index in [1.165, 1.54) is 0 Å². The fraction of sp³-hybridized carbons (Fsp3) is 0.167. The Morgan fingerprint density at radius 3 is 3.00 bits per heavy atom. The molecule has 2 rings (SSSR count). The third-order valence-electron chi connectivity index (χ3n) is 2.17. The van der Waals surface area contributed by atoms with E-state index < -0.39 is 0 Å². The molecule has 2 heterocycles. The van der Waals surface area contributed by atoms with E-state index in [1.807, 2.05) is 17.5 Å². The summed E-state index contributed by atoms with van der Waals surface area (Å²) in [6.45, 7) is 0. The summed E-state index contributed by atoms with van der Waals surface area (Å²) in [7, 11) is 1.54. The van der Waals surface area contributed by atoms with Crippen molar-refractivity contribution in [3.05, 3.63) is 46.4 Å². The summed E-state index contributed by atoms with van der Waals surface area (Å²) in [5.74, 6) is 0.518. The minimum absolute atomic E-state index is 0.0140. The minimum Gasteiger partial charge on any atom is -0.494 e. The van der Waals surface area contributed by atoms with Crippen molar-refractivity contribution in [2.75, 3.05) is 7.11 Å². The molecular weight excluding hydrogens is 222 g/mol. The minimum atomic E-state index is -0.0140. The van der Waals surface area contributed by atoms with Gasteiger partial charge in [0.05, 0.1) is 7.11 Å². The number of nitrogens with zero attached hydrogens (tertiary/aromatic N) is 1. The van der Waals surface area contributed by atoms with E-state index in [4.69, 9.17) is 4.74 Å². The van der Waals surface area contributed by atoms with E-state index >= 15 is 0 Å². The lowest BCUT2D eigenvalue weighted by molar-refractivity contribution is 0.0986. The van der Waals surface area contributed by atoms with Crippen LogP contribution in [0.25, 0.3) is 0 Å². The standard InChI is InChI=1S/C12H11NO2S/c1-15-11-5-2-6-13-12(11)10(14)8-9-4-3-7-16-9/h2-7H,8H2,1H3. The maximum Gasteiger partial charge on any atom is 0.190 e. The third kappa shape index (κ3) is 2.28. The van der Waals surface area contributed by atoms with Crippen LogP contribution in [-0.2, 0) is 6.42 Å². The van der Waals surface area contributed by atoms with Gasteiger partial charge >= 0.3 is 0 Å². The highest BCUT2D eigenvalue weighted by Crippen LogP contribution is 2.18. The Bertz CT molecular complexity index is 480. The molecule has 0 fully saturated rings. The van der Waals surface area contributed by atoms with E-state index in [9.17, 15) is 4.79 Å². The Balaban J connectivity index is 2.21. The number of thiophene rings is 1. The number of hydrogen-bond acceptors (Lipinski definition) is 4. The van der Waals surface area contributed by atoms with Crippen molar-refractivity contribution in [2.24, 2.45) is 0 Å². The van der Waals surface area contributed by atoms with Gasteiger partial charge in [-0.25, -0.2) is 4.98 Å². The van der Waals surface area contributed by atoms with Crippen molar-refractivity contribution in [1.82, 2.24) is 4.98 Å². The summed E-state index contributed by atoms with van der Waals surface area (Å²) in [6, 6.07) is 7.37. The molecule has 0 aliphatic heterocycles. The Morgan fingerprint density at radius 2 is 2.31 bits per heavy atom. The monoisotopic (exact) mass is 233 g/mol. The molecule has 0 saturated carbocycles. The Morgan fingerprint density at radius 1 is 1.44 bits per heavy atom. The number of methoxy groups -OCH3 is 1. The normalized spacial score (nSPS) is 10.1. The van der Waals surface area contributed by atoms with Crippen LogP contribution in [0, 0.1) is 0 Å². The number of ketones is 1. The van der Waals surface area contributed by atoms with E-state index in [0.717, 1.165) is 4.88 Å². The average Bonchev–Trinajstić information content (AvgIpc) is 2.81. The highest BCUT2D eigenvalue weighted by atomic mass is 32.1. The van der Waals surface area contributed by atoms with Crippen LogP contribution >= 0.6 is 11.3 Å². The summed E-state index contributed by atoms with van der Waals surface area (Å²) in [5.41, 5.74) is 0.401. The van der Waals surface area contributed by atoms with Gasteiger partial charge in [-0.15, -0.1) is 11.3 Å². The van der Waals surface area contributed by atoms with Crippen LogP contribution in [-0.4, -0.2) is 17.9 Å². The Labute approximate surface area is 97.7 Å². The quantitative estimate of drug-likeness (QED) is 0.762. The molecule has 0 amide bonds. The number of rotatable bonds is 4. The van der Waals surface area contributed by atoms with E-state index in [-0.39, 0.29) is 5.78 Å². The van der Waals surface area contributed by atoms with Crippen LogP contribution in [0.5, 0.6) is 5.75 Å². The van der Waals surface area contributed by atoms with Crippen molar-refractivity contribution < 1.29 is 9.53 Å². The van der Waals surface area contributed by atoms with Gasteiger partial charge < -0.3 is 4.74 Å². The van der Waals surface area contributed by atoms with Gasteiger partial charge in [-0.05, 0) is 23.6 Å². The second-order valence-electron chi connectivity index (χ2n) is 3.23. The molecule has 2 aromatic rings. The number of carbonyl (C=O) groups is 1. The van der Waals surface area contributed by atoms with E-state index in [0.29, 0.717) is 17.9 Å². The Hall–Kier alpha value is -1.68. The molecule has 0 atom stereocenters. The first-order valence-corrected chi connectivity index (χ1v) is 5.74. The van der Waals surface area contributed by atoms with Gasteiger partial charge in [-0.2, -0.15) is 0 Å². The molecule has 82 valence electrons. The fourth-order valence-corrected chi connectivity index (χ4v) is 2.12. The summed E-state index contributed by atoms with van der Waals surface area (Å²) in [4.78, 5) is 17.1. The molecule has 16 heavy (non-hydrogen) atoms. The molecule has 0 aromatic carbocycles. The van der Waals surface area contributed by atoms with Crippen molar-refractivity contribution in [1.29, 1.82) is 0 Å². The predicted molar refractivity (Wildman–Crippen MR) is 63.1 cm³/mol. The molecule has 3 nitrogen and oxygen atoms in total. The number of Topliss-reactive ketones (excluding diaryl/α,β-unsaturated/α-hetero) is 1. The lowest BCUT2D eigenvalue weighted by atomic mass is 10.1. The van der Waals surface area contributed by atoms with Gasteiger partial charge in [-0.3, -0.25) is 4.79 Å². The number of pyridine rings is 1. The van der Waals surface area contributed by atoms with Crippen molar-refractivity contribution >= 4 is 17.1 Å². The SMILES string of the molecule is COc1cccnc1C(=O)Cc1cccs1. The van der Waals surface area contributed by atoms with Crippen molar-refractivity contribution in [2.45, 2.75) is 6.42 Å². The number of ether oxygens (including phenoxy) is 1. The van der Waals surface area contributed by atoms with Crippen LogP contribution in [0.2, 0.25) is 0 Å². The van der Waals surface area contributed by atoms with Crippen LogP contribution in [0.3, 0.4) is 0 Å². The zero-order valence-corrected chi connectivity index (χ0v) is 9.66.